The monoisotopic (exact) mass is 514 g/mol. The van der Waals surface area contributed by atoms with Gasteiger partial charge in [-0.25, -0.2) is 13.1 Å². The van der Waals surface area contributed by atoms with Crippen LogP contribution >= 0.6 is 0 Å². The van der Waals surface area contributed by atoms with Crippen LogP contribution in [0.2, 0.25) is 0 Å². The molecule has 1 amide bonds. The van der Waals surface area contributed by atoms with E-state index in [0.717, 1.165) is 11.4 Å². The molecule has 0 aliphatic rings. The fraction of sp³-hybridized carbons (Fsp3) is 0.385. The summed E-state index contributed by atoms with van der Waals surface area (Å²) in [5.41, 5.74) is 1.26. The van der Waals surface area contributed by atoms with Crippen LogP contribution in [0.5, 0.6) is 11.5 Å². The SMILES string of the molecule is CCCN(CC(=O)Nc1cc(C(C)(C)C)nn1-c1ccc(OC)cc1)S(=O)(=O)c1ccc(OC)cc1. The molecule has 0 fully saturated rings. The second-order valence-electron chi connectivity index (χ2n) is 9.34. The van der Waals surface area contributed by atoms with E-state index in [1.807, 2.05) is 58.0 Å². The summed E-state index contributed by atoms with van der Waals surface area (Å²) in [5, 5.41) is 7.57. The van der Waals surface area contributed by atoms with E-state index in [1.165, 1.54) is 23.5 Å². The quantitative estimate of drug-likeness (QED) is 0.434. The predicted molar refractivity (Wildman–Crippen MR) is 139 cm³/mol. The van der Waals surface area contributed by atoms with Crippen molar-refractivity contribution < 1.29 is 22.7 Å². The van der Waals surface area contributed by atoms with E-state index in [9.17, 15) is 13.2 Å². The van der Waals surface area contributed by atoms with Gasteiger partial charge in [0.1, 0.15) is 17.3 Å². The standard InChI is InChI=1S/C26H34N4O5S/c1-7-16-29(36(32,33)22-14-12-21(35-6)13-15-22)18-25(31)27-24-17-23(26(2,3)4)28-30(24)19-8-10-20(34-5)11-9-19/h8-15,17H,7,16,18H2,1-6H3,(H,27,31). The molecule has 3 rings (SSSR count). The average molecular weight is 515 g/mol. The van der Waals surface area contributed by atoms with E-state index in [1.54, 1.807) is 23.9 Å². The van der Waals surface area contributed by atoms with Crippen LogP contribution in [0.15, 0.2) is 59.5 Å². The number of sulfonamides is 1. The third kappa shape index (κ3) is 6.24. The molecule has 3 aromatic rings. The molecule has 0 spiro atoms. The van der Waals surface area contributed by atoms with Gasteiger partial charge in [0.25, 0.3) is 0 Å². The Morgan fingerprint density at radius 3 is 2.06 bits per heavy atom. The summed E-state index contributed by atoms with van der Waals surface area (Å²) in [5.74, 6) is 1.24. The zero-order valence-electron chi connectivity index (χ0n) is 21.6. The van der Waals surface area contributed by atoms with Crippen LogP contribution in [0.3, 0.4) is 0 Å². The number of carbonyl (C=O) groups is 1. The molecule has 0 aliphatic heterocycles. The molecule has 0 atom stereocenters. The molecule has 36 heavy (non-hydrogen) atoms. The second kappa shape index (κ2) is 11.1. The lowest BCUT2D eigenvalue weighted by atomic mass is 9.92. The molecule has 0 saturated carbocycles. The highest BCUT2D eigenvalue weighted by Gasteiger charge is 2.27. The number of nitrogens with zero attached hydrogens (tertiary/aromatic N) is 3. The lowest BCUT2D eigenvalue weighted by Crippen LogP contribution is -2.38. The smallest absolute Gasteiger partial charge is 0.243 e. The third-order valence-corrected chi connectivity index (χ3v) is 7.41. The summed E-state index contributed by atoms with van der Waals surface area (Å²) < 4.78 is 39.7. The van der Waals surface area contributed by atoms with E-state index in [2.05, 4.69) is 5.32 Å². The van der Waals surface area contributed by atoms with Crippen LogP contribution in [-0.4, -0.2) is 55.7 Å². The number of ether oxygens (including phenoxy) is 2. The van der Waals surface area contributed by atoms with E-state index < -0.39 is 15.9 Å². The maximum atomic E-state index is 13.3. The molecule has 0 saturated heterocycles. The highest BCUT2D eigenvalue weighted by molar-refractivity contribution is 7.89. The lowest BCUT2D eigenvalue weighted by Gasteiger charge is -2.21. The Balaban J connectivity index is 1.88. The van der Waals surface area contributed by atoms with Gasteiger partial charge in [0.05, 0.1) is 37.0 Å². The first-order valence-electron chi connectivity index (χ1n) is 11.7. The van der Waals surface area contributed by atoms with Gasteiger partial charge in [0.15, 0.2) is 0 Å². The first-order chi connectivity index (χ1) is 17.0. The van der Waals surface area contributed by atoms with Gasteiger partial charge >= 0.3 is 0 Å². The number of hydrogen-bond acceptors (Lipinski definition) is 6. The zero-order valence-corrected chi connectivity index (χ0v) is 22.4. The third-order valence-electron chi connectivity index (χ3n) is 5.55. The van der Waals surface area contributed by atoms with Crippen molar-refractivity contribution in [1.29, 1.82) is 0 Å². The fourth-order valence-electron chi connectivity index (χ4n) is 3.53. The molecule has 0 radical (unpaired) electrons. The van der Waals surface area contributed by atoms with Crippen molar-refractivity contribution in [2.24, 2.45) is 0 Å². The maximum absolute atomic E-state index is 13.3. The fourth-order valence-corrected chi connectivity index (χ4v) is 5.02. The Morgan fingerprint density at radius 2 is 1.56 bits per heavy atom. The summed E-state index contributed by atoms with van der Waals surface area (Å²) in [6, 6.07) is 15.2. The molecular formula is C26H34N4O5S. The zero-order chi connectivity index (χ0) is 26.5. The average Bonchev–Trinajstić information content (AvgIpc) is 3.28. The van der Waals surface area contributed by atoms with Crippen molar-refractivity contribution in [2.45, 2.75) is 44.4 Å². The first kappa shape index (κ1) is 27.2. The van der Waals surface area contributed by atoms with E-state index in [4.69, 9.17) is 14.6 Å². The normalized spacial score (nSPS) is 12.0. The highest BCUT2D eigenvalue weighted by atomic mass is 32.2. The number of anilines is 1. The largest absolute Gasteiger partial charge is 0.497 e. The number of aromatic nitrogens is 2. The van der Waals surface area contributed by atoms with Gasteiger partial charge in [-0.15, -0.1) is 0 Å². The molecule has 10 heteroatoms. The summed E-state index contributed by atoms with van der Waals surface area (Å²) in [4.78, 5) is 13.2. The number of methoxy groups -OCH3 is 2. The number of hydrogen-bond donors (Lipinski definition) is 1. The van der Waals surface area contributed by atoms with Gasteiger partial charge in [-0.05, 0) is 55.0 Å². The molecule has 0 bridgehead atoms. The summed E-state index contributed by atoms with van der Waals surface area (Å²) >= 11 is 0. The Labute approximate surface area is 213 Å². The van der Waals surface area contributed by atoms with Gasteiger partial charge in [0.2, 0.25) is 15.9 Å². The van der Waals surface area contributed by atoms with Crippen molar-refractivity contribution in [3.05, 3.63) is 60.3 Å². The van der Waals surface area contributed by atoms with Crippen LogP contribution < -0.4 is 14.8 Å². The number of nitrogens with one attached hydrogen (secondary N) is 1. The number of carbonyl (C=O) groups excluding carboxylic acids is 1. The van der Waals surface area contributed by atoms with Crippen molar-refractivity contribution >= 4 is 21.7 Å². The van der Waals surface area contributed by atoms with Crippen LogP contribution in [0.1, 0.15) is 39.8 Å². The Morgan fingerprint density at radius 1 is 1.00 bits per heavy atom. The van der Waals surface area contributed by atoms with Crippen LogP contribution in [0.4, 0.5) is 5.82 Å². The Bertz CT molecular complexity index is 1280. The highest BCUT2D eigenvalue weighted by Crippen LogP contribution is 2.27. The number of rotatable bonds is 10. The van der Waals surface area contributed by atoms with Gasteiger partial charge in [0, 0.05) is 18.0 Å². The van der Waals surface area contributed by atoms with E-state index >= 15 is 0 Å². The molecule has 0 aliphatic carbocycles. The van der Waals surface area contributed by atoms with Crippen molar-refractivity contribution in [3.8, 4) is 17.2 Å². The first-order valence-corrected chi connectivity index (χ1v) is 13.1. The molecule has 1 N–H and O–H groups in total. The topological polar surface area (TPSA) is 103 Å². The minimum Gasteiger partial charge on any atom is -0.497 e. The Hall–Kier alpha value is -3.37. The van der Waals surface area contributed by atoms with E-state index in [0.29, 0.717) is 23.7 Å². The molecule has 1 heterocycles. The second-order valence-corrected chi connectivity index (χ2v) is 11.3. The predicted octanol–water partition coefficient (Wildman–Crippen LogP) is 4.23. The van der Waals surface area contributed by atoms with Gasteiger partial charge < -0.3 is 14.8 Å². The van der Waals surface area contributed by atoms with Crippen molar-refractivity contribution in [2.75, 3.05) is 32.6 Å². The molecular weight excluding hydrogens is 480 g/mol. The number of benzene rings is 2. The van der Waals surface area contributed by atoms with Crippen LogP contribution in [-0.2, 0) is 20.2 Å². The maximum Gasteiger partial charge on any atom is 0.243 e. The van der Waals surface area contributed by atoms with Gasteiger partial charge in [-0.2, -0.15) is 9.40 Å². The van der Waals surface area contributed by atoms with E-state index in [-0.39, 0.29) is 23.4 Å². The van der Waals surface area contributed by atoms with Crippen LogP contribution in [0, 0.1) is 0 Å². The molecule has 9 nitrogen and oxygen atoms in total. The molecule has 1 aromatic heterocycles. The van der Waals surface area contributed by atoms with Gasteiger partial charge in [-0.1, -0.05) is 27.7 Å². The van der Waals surface area contributed by atoms with Crippen LogP contribution in [0.25, 0.3) is 5.69 Å². The Kier molecular flexibility index (Phi) is 8.42. The summed E-state index contributed by atoms with van der Waals surface area (Å²) in [6.45, 7) is 7.83. The summed E-state index contributed by atoms with van der Waals surface area (Å²) in [7, 11) is -0.779. The molecule has 194 valence electrons. The van der Waals surface area contributed by atoms with Gasteiger partial charge in [-0.3, -0.25) is 4.79 Å². The molecule has 0 unspecified atom stereocenters. The molecule has 2 aromatic carbocycles. The minimum atomic E-state index is -3.88. The summed E-state index contributed by atoms with van der Waals surface area (Å²) in [6.07, 6.45) is 0.556. The minimum absolute atomic E-state index is 0.0999. The van der Waals surface area contributed by atoms with Crippen molar-refractivity contribution in [3.63, 3.8) is 0 Å². The number of amides is 1. The lowest BCUT2D eigenvalue weighted by molar-refractivity contribution is -0.116. The van der Waals surface area contributed by atoms with Crippen molar-refractivity contribution in [1.82, 2.24) is 14.1 Å².